The lowest BCUT2D eigenvalue weighted by Gasteiger charge is -2.03. The summed E-state index contributed by atoms with van der Waals surface area (Å²) >= 11 is 0. The van der Waals surface area contributed by atoms with Crippen LogP contribution in [0.3, 0.4) is 0 Å². The zero-order chi connectivity index (χ0) is 9.35. The molecule has 66 valence electrons. The molecule has 12 heavy (non-hydrogen) atoms. The van der Waals surface area contributed by atoms with Crippen LogP contribution in [0.25, 0.3) is 0 Å². The van der Waals surface area contributed by atoms with Gasteiger partial charge >= 0.3 is 6.18 Å². The van der Waals surface area contributed by atoms with Gasteiger partial charge in [0.25, 0.3) is 5.78 Å². The Morgan fingerprint density at radius 3 is 2.50 bits per heavy atom. The van der Waals surface area contributed by atoms with E-state index in [1.807, 2.05) is 0 Å². The summed E-state index contributed by atoms with van der Waals surface area (Å²) in [6, 6.07) is 1.02. The molecule has 0 aliphatic rings. The third-order valence-corrected chi connectivity index (χ3v) is 1.31. The number of carbonyl (C=O) groups is 1. The third kappa shape index (κ3) is 1.46. The van der Waals surface area contributed by atoms with Crippen LogP contribution in [0.2, 0.25) is 0 Å². The second-order valence-electron chi connectivity index (χ2n) is 2.17. The van der Waals surface area contributed by atoms with E-state index in [0.29, 0.717) is 0 Å². The van der Waals surface area contributed by atoms with E-state index >= 15 is 0 Å². The van der Waals surface area contributed by atoms with Crippen LogP contribution in [0.1, 0.15) is 10.5 Å². The molecule has 1 aromatic heterocycles. The first-order valence-electron chi connectivity index (χ1n) is 3.02. The fourth-order valence-corrected chi connectivity index (χ4v) is 0.742. The van der Waals surface area contributed by atoms with E-state index in [1.165, 1.54) is 7.05 Å². The molecule has 0 saturated carbocycles. The van der Waals surface area contributed by atoms with Gasteiger partial charge in [0.2, 0.25) is 0 Å². The van der Waals surface area contributed by atoms with E-state index in [4.69, 9.17) is 0 Å². The number of rotatable bonds is 1. The average molecular weight is 178 g/mol. The van der Waals surface area contributed by atoms with E-state index in [2.05, 4.69) is 5.10 Å². The summed E-state index contributed by atoms with van der Waals surface area (Å²) in [7, 11) is 1.28. The lowest BCUT2D eigenvalue weighted by molar-refractivity contribution is -0.0890. The Balaban J connectivity index is 3.01. The molecular weight excluding hydrogens is 173 g/mol. The van der Waals surface area contributed by atoms with Crippen molar-refractivity contribution in [3.05, 3.63) is 18.0 Å². The molecule has 0 fully saturated rings. The van der Waals surface area contributed by atoms with E-state index in [-0.39, 0.29) is 0 Å². The summed E-state index contributed by atoms with van der Waals surface area (Å²) in [5.74, 6) is -1.87. The highest BCUT2D eigenvalue weighted by molar-refractivity contribution is 5.98. The number of halogens is 3. The van der Waals surface area contributed by atoms with Gasteiger partial charge in [-0.15, -0.1) is 0 Å². The van der Waals surface area contributed by atoms with Gasteiger partial charge in [-0.25, -0.2) is 0 Å². The molecule has 0 bridgehead atoms. The van der Waals surface area contributed by atoms with Gasteiger partial charge in [0, 0.05) is 13.2 Å². The minimum atomic E-state index is -4.83. The fourth-order valence-electron chi connectivity index (χ4n) is 0.742. The van der Waals surface area contributed by atoms with Crippen LogP contribution in [0.15, 0.2) is 12.3 Å². The number of hydrogen-bond donors (Lipinski definition) is 0. The van der Waals surface area contributed by atoms with Gasteiger partial charge in [-0.2, -0.15) is 18.3 Å². The lowest BCUT2D eigenvalue weighted by Crippen LogP contribution is -2.25. The number of Topliss-reactive ketones (excluding diaryl/α,β-unsaturated/α-hetero) is 1. The predicted octanol–water partition coefficient (Wildman–Crippen LogP) is 1.17. The molecule has 1 rings (SSSR count). The minimum absolute atomic E-state index is 0.456. The first-order valence-corrected chi connectivity index (χ1v) is 3.02. The molecule has 0 N–H and O–H groups in total. The Labute approximate surface area is 65.8 Å². The Hall–Kier alpha value is -1.33. The zero-order valence-electron chi connectivity index (χ0n) is 6.09. The summed E-state index contributed by atoms with van der Waals surface area (Å²) in [4.78, 5) is 10.6. The Morgan fingerprint density at radius 1 is 1.58 bits per heavy atom. The van der Waals surface area contributed by atoms with Crippen molar-refractivity contribution in [1.29, 1.82) is 0 Å². The maximum atomic E-state index is 11.8. The van der Waals surface area contributed by atoms with Gasteiger partial charge in [-0.05, 0) is 6.07 Å². The molecule has 0 amide bonds. The molecule has 0 spiro atoms. The van der Waals surface area contributed by atoms with Gasteiger partial charge in [0.05, 0.1) is 0 Å². The van der Waals surface area contributed by atoms with Crippen molar-refractivity contribution in [3.8, 4) is 0 Å². The van der Waals surface area contributed by atoms with Crippen molar-refractivity contribution in [1.82, 2.24) is 9.78 Å². The van der Waals surface area contributed by atoms with Crippen molar-refractivity contribution in [2.24, 2.45) is 7.05 Å². The molecule has 0 unspecified atom stereocenters. The topological polar surface area (TPSA) is 34.9 Å². The number of nitrogens with zero attached hydrogens (tertiary/aromatic N) is 2. The Morgan fingerprint density at radius 2 is 2.17 bits per heavy atom. The van der Waals surface area contributed by atoms with Gasteiger partial charge in [-0.3, -0.25) is 9.48 Å². The quantitative estimate of drug-likeness (QED) is 0.605. The van der Waals surface area contributed by atoms with Gasteiger partial charge in [0.15, 0.2) is 0 Å². The Bertz CT molecular complexity index is 302. The molecule has 3 nitrogen and oxygen atoms in total. The normalized spacial score (nSPS) is 11.7. The predicted molar refractivity (Wildman–Crippen MR) is 33.6 cm³/mol. The first-order chi connectivity index (χ1) is 5.43. The second-order valence-corrected chi connectivity index (χ2v) is 2.17. The van der Waals surface area contributed by atoms with E-state index < -0.39 is 17.7 Å². The van der Waals surface area contributed by atoms with Crippen molar-refractivity contribution in [2.45, 2.75) is 6.18 Å². The van der Waals surface area contributed by atoms with Crippen LogP contribution >= 0.6 is 0 Å². The first kappa shape index (κ1) is 8.76. The average Bonchev–Trinajstić information content (AvgIpc) is 2.31. The molecule has 0 aliphatic carbocycles. The summed E-state index contributed by atoms with van der Waals surface area (Å²) < 4.78 is 36.3. The summed E-state index contributed by atoms with van der Waals surface area (Å²) in [6.07, 6.45) is -3.69. The van der Waals surface area contributed by atoms with E-state index in [1.54, 1.807) is 0 Å². The van der Waals surface area contributed by atoms with Crippen LogP contribution in [0, 0.1) is 0 Å². The van der Waals surface area contributed by atoms with Crippen LogP contribution in [0.5, 0.6) is 0 Å². The maximum Gasteiger partial charge on any atom is 0.456 e. The molecule has 1 aromatic rings. The summed E-state index contributed by atoms with van der Waals surface area (Å²) in [5.41, 5.74) is -0.456. The van der Waals surface area contributed by atoms with Crippen molar-refractivity contribution in [3.63, 3.8) is 0 Å². The second kappa shape index (κ2) is 2.62. The molecule has 0 radical (unpaired) electrons. The molecule has 0 saturated heterocycles. The smallest absolute Gasteiger partial charge is 0.282 e. The monoisotopic (exact) mass is 178 g/mol. The highest BCUT2D eigenvalue weighted by Crippen LogP contribution is 2.20. The minimum Gasteiger partial charge on any atom is -0.282 e. The van der Waals surface area contributed by atoms with E-state index in [0.717, 1.165) is 16.9 Å². The van der Waals surface area contributed by atoms with Gasteiger partial charge < -0.3 is 0 Å². The van der Waals surface area contributed by atoms with Crippen LogP contribution in [-0.2, 0) is 7.05 Å². The number of alkyl halides is 3. The lowest BCUT2D eigenvalue weighted by atomic mass is 10.3. The molecule has 1 heterocycles. The van der Waals surface area contributed by atoms with Crippen LogP contribution < -0.4 is 0 Å². The van der Waals surface area contributed by atoms with E-state index in [9.17, 15) is 18.0 Å². The summed E-state index contributed by atoms with van der Waals surface area (Å²) in [5, 5.41) is 3.45. The molecule has 0 aliphatic heterocycles. The standard InChI is InChI=1S/C6H5F3N2O/c1-11-4(2-3-10-11)5(12)6(7,8)9/h2-3H,1H3. The van der Waals surface area contributed by atoms with Crippen LogP contribution in [-0.4, -0.2) is 21.7 Å². The highest BCUT2D eigenvalue weighted by Gasteiger charge is 2.40. The van der Waals surface area contributed by atoms with Crippen LogP contribution in [0.4, 0.5) is 13.2 Å². The maximum absolute atomic E-state index is 11.8. The number of aromatic nitrogens is 2. The molecule has 0 aromatic carbocycles. The number of aryl methyl sites for hydroxylation is 1. The zero-order valence-corrected chi connectivity index (χ0v) is 6.09. The van der Waals surface area contributed by atoms with Gasteiger partial charge in [0.1, 0.15) is 5.69 Å². The SMILES string of the molecule is Cn1nccc1C(=O)C(F)(F)F. The number of carbonyl (C=O) groups excluding carboxylic acids is 1. The molecular formula is C6H5F3N2O. The largest absolute Gasteiger partial charge is 0.456 e. The Kier molecular flexibility index (Phi) is 1.91. The van der Waals surface area contributed by atoms with Crippen molar-refractivity contribution < 1.29 is 18.0 Å². The summed E-state index contributed by atoms with van der Waals surface area (Å²) in [6.45, 7) is 0. The number of ketones is 1. The molecule has 0 atom stereocenters. The van der Waals surface area contributed by atoms with Gasteiger partial charge in [-0.1, -0.05) is 0 Å². The van der Waals surface area contributed by atoms with Crippen molar-refractivity contribution in [2.75, 3.05) is 0 Å². The van der Waals surface area contributed by atoms with Crippen molar-refractivity contribution >= 4 is 5.78 Å². The molecule has 6 heteroatoms. The number of hydrogen-bond acceptors (Lipinski definition) is 2. The third-order valence-electron chi connectivity index (χ3n) is 1.31. The fraction of sp³-hybridized carbons (Fsp3) is 0.333. The highest BCUT2D eigenvalue weighted by atomic mass is 19.4.